The number of rotatable bonds is 21. The van der Waals surface area contributed by atoms with E-state index in [1.54, 1.807) is 0 Å². The number of hydrogen-bond acceptors (Lipinski definition) is 9. The molecule has 0 saturated heterocycles. The molecule has 30 heavy (non-hydrogen) atoms. The van der Waals surface area contributed by atoms with Crippen LogP contribution in [0.25, 0.3) is 0 Å². The number of ether oxygens (including phenoxy) is 7. The van der Waals surface area contributed by atoms with E-state index in [9.17, 15) is 4.79 Å². The predicted octanol–water partition coefficient (Wildman–Crippen LogP) is 0.830. The van der Waals surface area contributed by atoms with Crippen molar-refractivity contribution in [2.75, 3.05) is 99.4 Å². The molecule has 180 valence electrons. The Morgan fingerprint density at radius 2 is 0.933 bits per heavy atom. The van der Waals surface area contributed by atoms with Crippen LogP contribution in [0.3, 0.4) is 0 Å². The highest BCUT2D eigenvalue weighted by Crippen LogP contribution is 2.05. The lowest BCUT2D eigenvalue weighted by atomic mass is 10.2. The van der Waals surface area contributed by atoms with Gasteiger partial charge in [-0.1, -0.05) is 0 Å². The fourth-order valence-corrected chi connectivity index (χ4v) is 1.92. The molecule has 10 nitrogen and oxygen atoms in total. The molecule has 0 aliphatic carbocycles. The minimum Gasteiger partial charge on any atom is -0.444 e. The molecular formula is C20H42N2O8. The fraction of sp³-hybridized carbons (Fsp3) is 0.950. The van der Waals surface area contributed by atoms with Crippen molar-refractivity contribution < 1.29 is 38.0 Å². The van der Waals surface area contributed by atoms with Crippen molar-refractivity contribution in [1.29, 1.82) is 0 Å². The van der Waals surface area contributed by atoms with Gasteiger partial charge in [-0.3, -0.25) is 0 Å². The summed E-state index contributed by atoms with van der Waals surface area (Å²) in [5.74, 6) is 0. The third kappa shape index (κ3) is 25.0. The van der Waals surface area contributed by atoms with Gasteiger partial charge in [-0.15, -0.1) is 0 Å². The van der Waals surface area contributed by atoms with E-state index in [0.717, 1.165) is 6.54 Å². The van der Waals surface area contributed by atoms with Crippen molar-refractivity contribution in [3.8, 4) is 0 Å². The molecule has 0 aliphatic heterocycles. The topological polar surface area (TPSA) is 106 Å². The maximum atomic E-state index is 11.4. The van der Waals surface area contributed by atoms with Gasteiger partial charge in [0, 0.05) is 13.1 Å². The Bertz CT molecular complexity index is 380. The Morgan fingerprint density at radius 3 is 1.27 bits per heavy atom. The molecule has 0 saturated carbocycles. The lowest BCUT2D eigenvalue weighted by molar-refractivity contribution is -0.0164. The zero-order valence-electron chi connectivity index (χ0n) is 19.2. The molecule has 2 N–H and O–H groups in total. The van der Waals surface area contributed by atoms with Crippen molar-refractivity contribution in [3.63, 3.8) is 0 Å². The molecular weight excluding hydrogens is 396 g/mol. The second-order valence-electron chi connectivity index (χ2n) is 7.21. The number of carbonyl (C=O) groups excluding carboxylic acids is 1. The van der Waals surface area contributed by atoms with Gasteiger partial charge in [-0.2, -0.15) is 0 Å². The van der Waals surface area contributed by atoms with Gasteiger partial charge in [-0.05, 0) is 27.8 Å². The first-order valence-corrected chi connectivity index (χ1v) is 10.5. The SMILES string of the molecule is CNCCOCCOCCOCCOCCOCCOCCNC(=O)OC(C)(C)C. The second-order valence-corrected chi connectivity index (χ2v) is 7.21. The zero-order chi connectivity index (χ0) is 22.3. The first kappa shape index (κ1) is 29.0. The maximum absolute atomic E-state index is 11.4. The molecule has 10 heteroatoms. The van der Waals surface area contributed by atoms with E-state index in [1.807, 2.05) is 27.8 Å². The van der Waals surface area contributed by atoms with Crippen molar-refractivity contribution in [2.45, 2.75) is 26.4 Å². The van der Waals surface area contributed by atoms with Gasteiger partial charge in [0.15, 0.2) is 0 Å². The van der Waals surface area contributed by atoms with E-state index in [4.69, 9.17) is 33.2 Å². The minimum atomic E-state index is -0.497. The van der Waals surface area contributed by atoms with Crippen LogP contribution in [-0.2, 0) is 33.2 Å². The maximum Gasteiger partial charge on any atom is 0.407 e. The summed E-state index contributed by atoms with van der Waals surface area (Å²) < 4.78 is 37.4. The highest BCUT2D eigenvalue weighted by atomic mass is 16.6. The molecule has 0 rings (SSSR count). The number of alkyl carbamates (subject to hydrolysis) is 1. The van der Waals surface area contributed by atoms with Crippen LogP contribution in [0.15, 0.2) is 0 Å². The minimum absolute atomic E-state index is 0.396. The standard InChI is InChI=1S/C20H42N2O8/c1-20(2,3)30-19(23)22-6-8-25-10-12-27-14-16-29-18-17-28-15-13-26-11-9-24-7-5-21-4/h21H,5-18H2,1-4H3,(H,22,23). The summed E-state index contributed by atoms with van der Waals surface area (Å²) in [4.78, 5) is 11.4. The van der Waals surface area contributed by atoms with Crippen LogP contribution in [0.1, 0.15) is 20.8 Å². The zero-order valence-corrected chi connectivity index (χ0v) is 19.2. The summed E-state index contributed by atoms with van der Waals surface area (Å²) in [5, 5.41) is 5.63. The summed E-state index contributed by atoms with van der Waals surface area (Å²) >= 11 is 0. The van der Waals surface area contributed by atoms with Gasteiger partial charge in [0.25, 0.3) is 0 Å². The van der Waals surface area contributed by atoms with Crippen LogP contribution in [0.5, 0.6) is 0 Å². The lowest BCUT2D eigenvalue weighted by Gasteiger charge is -2.19. The highest BCUT2D eigenvalue weighted by molar-refractivity contribution is 5.67. The summed E-state index contributed by atoms with van der Waals surface area (Å²) in [5.41, 5.74) is -0.497. The highest BCUT2D eigenvalue weighted by Gasteiger charge is 2.15. The Balaban J connectivity index is 3.11. The molecule has 0 aromatic carbocycles. The van der Waals surface area contributed by atoms with Crippen LogP contribution in [0.4, 0.5) is 4.79 Å². The Morgan fingerprint density at radius 1 is 0.600 bits per heavy atom. The first-order chi connectivity index (χ1) is 14.5. The average Bonchev–Trinajstić information content (AvgIpc) is 2.68. The lowest BCUT2D eigenvalue weighted by Crippen LogP contribution is -2.34. The molecule has 0 radical (unpaired) electrons. The van der Waals surface area contributed by atoms with Gasteiger partial charge < -0.3 is 43.8 Å². The molecule has 0 bridgehead atoms. The Labute approximate surface area is 181 Å². The summed E-state index contributed by atoms with van der Waals surface area (Å²) in [7, 11) is 1.89. The van der Waals surface area contributed by atoms with Crippen molar-refractivity contribution in [3.05, 3.63) is 0 Å². The molecule has 1 amide bonds. The van der Waals surface area contributed by atoms with Crippen molar-refractivity contribution in [1.82, 2.24) is 10.6 Å². The van der Waals surface area contributed by atoms with Gasteiger partial charge in [-0.25, -0.2) is 4.79 Å². The van der Waals surface area contributed by atoms with Crippen LogP contribution in [-0.4, -0.2) is 111 Å². The molecule has 0 unspecified atom stereocenters. The Kier molecular flexibility index (Phi) is 20.5. The fourth-order valence-electron chi connectivity index (χ4n) is 1.92. The van der Waals surface area contributed by atoms with Crippen LogP contribution < -0.4 is 10.6 Å². The van der Waals surface area contributed by atoms with E-state index < -0.39 is 11.7 Å². The quantitative estimate of drug-likeness (QED) is 0.252. The monoisotopic (exact) mass is 438 g/mol. The normalized spacial score (nSPS) is 11.6. The number of hydrogen-bond donors (Lipinski definition) is 2. The number of carbonyl (C=O) groups is 1. The third-order valence-corrected chi connectivity index (χ3v) is 3.27. The molecule has 0 fully saturated rings. The van der Waals surface area contributed by atoms with Crippen molar-refractivity contribution in [2.24, 2.45) is 0 Å². The van der Waals surface area contributed by atoms with E-state index >= 15 is 0 Å². The number of amides is 1. The van der Waals surface area contributed by atoms with Crippen molar-refractivity contribution >= 4 is 6.09 Å². The number of nitrogens with one attached hydrogen (secondary N) is 2. The van der Waals surface area contributed by atoms with E-state index in [1.165, 1.54) is 0 Å². The van der Waals surface area contributed by atoms with Crippen LogP contribution in [0, 0.1) is 0 Å². The molecule has 0 aromatic rings. The van der Waals surface area contributed by atoms with E-state index in [-0.39, 0.29) is 0 Å². The van der Waals surface area contributed by atoms with E-state index in [2.05, 4.69) is 10.6 Å². The largest absolute Gasteiger partial charge is 0.444 e. The van der Waals surface area contributed by atoms with Crippen LogP contribution in [0.2, 0.25) is 0 Å². The molecule has 0 spiro atoms. The van der Waals surface area contributed by atoms with Crippen LogP contribution >= 0.6 is 0 Å². The van der Waals surface area contributed by atoms with Gasteiger partial charge in [0.2, 0.25) is 0 Å². The Hall–Kier alpha value is -1.01. The summed E-state index contributed by atoms with van der Waals surface area (Å²) in [6.45, 7) is 13.0. The summed E-state index contributed by atoms with van der Waals surface area (Å²) in [6.07, 6.45) is -0.443. The van der Waals surface area contributed by atoms with Gasteiger partial charge >= 0.3 is 6.09 Å². The average molecular weight is 439 g/mol. The predicted molar refractivity (Wildman–Crippen MR) is 113 cm³/mol. The van der Waals surface area contributed by atoms with Gasteiger partial charge in [0.05, 0.1) is 79.3 Å². The molecule has 0 heterocycles. The molecule has 0 aliphatic rings. The summed E-state index contributed by atoms with van der Waals surface area (Å²) in [6, 6.07) is 0. The smallest absolute Gasteiger partial charge is 0.407 e. The molecule has 0 atom stereocenters. The van der Waals surface area contributed by atoms with E-state index in [0.29, 0.717) is 85.8 Å². The third-order valence-electron chi connectivity index (χ3n) is 3.27. The first-order valence-electron chi connectivity index (χ1n) is 10.5. The van der Waals surface area contributed by atoms with Gasteiger partial charge in [0.1, 0.15) is 5.60 Å². The second kappa shape index (κ2) is 21.2. The number of likely N-dealkylation sites (N-methyl/N-ethyl adjacent to an activating group) is 1. The molecule has 0 aromatic heterocycles.